The molecule has 2 rings (SSSR count). The molecular formula is C22H28N2O3. The molecule has 0 aromatic heterocycles. The predicted octanol–water partition coefficient (Wildman–Crippen LogP) is 4.14. The molecule has 0 aliphatic heterocycles. The molecular weight excluding hydrogens is 340 g/mol. The van der Waals surface area contributed by atoms with Crippen molar-refractivity contribution in [2.75, 3.05) is 11.9 Å². The van der Waals surface area contributed by atoms with Gasteiger partial charge >= 0.3 is 0 Å². The summed E-state index contributed by atoms with van der Waals surface area (Å²) in [6.07, 6.45) is -0.668. The molecule has 0 aliphatic rings. The summed E-state index contributed by atoms with van der Waals surface area (Å²) >= 11 is 0. The van der Waals surface area contributed by atoms with Gasteiger partial charge in [0.1, 0.15) is 5.75 Å². The van der Waals surface area contributed by atoms with Gasteiger partial charge in [-0.05, 0) is 55.2 Å². The third-order valence-corrected chi connectivity index (χ3v) is 4.13. The second-order valence-electron chi connectivity index (χ2n) is 7.46. The Morgan fingerprint density at radius 3 is 2.33 bits per heavy atom. The highest BCUT2D eigenvalue weighted by Crippen LogP contribution is 2.24. The third kappa shape index (κ3) is 5.84. The lowest BCUT2D eigenvalue weighted by Gasteiger charge is -2.20. The quantitative estimate of drug-likeness (QED) is 0.805. The lowest BCUT2D eigenvalue weighted by atomic mass is 9.87. The maximum absolute atomic E-state index is 12.4. The lowest BCUT2D eigenvalue weighted by molar-refractivity contribution is -0.122. The number of rotatable bonds is 6. The van der Waals surface area contributed by atoms with E-state index in [1.165, 1.54) is 5.56 Å². The molecule has 1 unspecified atom stereocenters. The van der Waals surface area contributed by atoms with Gasteiger partial charge in [-0.15, -0.1) is 0 Å². The minimum Gasteiger partial charge on any atom is -0.481 e. The first-order valence-electron chi connectivity index (χ1n) is 9.17. The molecule has 0 fully saturated rings. The first kappa shape index (κ1) is 20.5. The van der Waals surface area contributed by atoms with Gasteiger partial charge in [-0.2, -0.15) is 0 Å². The predicted molar refractivity (Wildman–Crippen MR) is 108 cm³/mol. The largest absolute Gasteiger partial charge is 0.481 e. The molecule has 0 aliphatic carbocycles. The van der Waals surface area contributed by atoms with Crippen LogP contribution in [0.15, 0.2) is 48.5 Å². The Hall–Kier alpha value is -2.82. The maximum atomic E-state index is 12.4. The number of hydrogen-bond donors (Lipinski definition) is 2. The van der Waals surface area contributed by atoms with Crippen LogP contribution in [0.3, 0.4) is 0 Å². The molecule has 0 bridgehead atoms. The van der Waals surface area contributed by atoms with Gasteiger partial charge in [0, 0.05) is 17.8 Å². The van der Waals surface area contributed by atoms with Crippen molar-refractivity contribution in [2.45, 2.75) is 46.1 Å². The van der Waals surface area contributed by atoms with Crippen LogP contribution >= 0.6 is 0 Å². The molecule has 5 nitrogen and oxygen atoms in total. The van der Waals surface area contributed by atoms with E-state index in [-0.39, 0.29) is 17.2 Å². The Kier molecular flexibility index (Phi) is 6.61. The third-order valence-electron chi connectivity index (χ3n) is 4.13. The van der Waals surface area contributed by atoms with Crippen LogP contribution in [0.1, 0.15) is 50.5 Å². The summed E-state index contributed by atoms with van der Waals surface area (Å²) < 4.78 is 5.74. The maximum Gasteiger partial charge on any atom is 0.265 e. The molecule has 2 amide bonds. The molecule has 0 saturated carbocycles. The number of hydrogen-bond acceptors (Lipinski definition) is 3. The Morgan fingerprint density at radius 2 is 1.74 bits per heavy atom. The van der Waals surface area contributed by atoms with Crippen LogP contribution in [-0.2, 0) is 10.2 Å². The zero-order valence-corrected chi connectivity index (χ0v) is 16.6. The number of amides is 2. The smallest absolute Gasteiger partial charge is 0.265 e. The highest BCUT2D eigenvalue weighted by molar-refractivity contribution is 5.98. The van der Waals surface area contributed by atoms with Gasteiger partial charge in [0.05, 0.1) is 0 Å². The van der Waals surface area contributed by atoms with Gasteiger partial charge in [0.15, 0.2) is 6.10 Å². The summed E-state index contributed by atoms with van der Waals surface area (Å²) in [4.78, 5) is 24.3. The monoisotopic (exact) mass is 368 g/mol. The van der Waals surface area contributed by atoms with Crippen LogP contribution in [0.5, 0.6) is 5.75 Å². The van der Waals surface area contributed by atoms with Crippen LogP contribution in [0.2, 0.25) is 0 Å². The summed E-state index contributed by atoms with van der Waals surface area (Å²) in [5.74, 6) is 0.196. The molecule has 5 heteroatoms. The first-order valence-corrected chi connectivity index (χ1v) is 9.17. The van der Waals surface area contributed by atoms with Crippen LogP contribution in [0, 0.1) is 0 Å². The van der Waals surface area contributed by atoms with Gasteiger partial charge in [0.2, 0.25) is 0 Å². The van der Waals surface area contributed by atoms with E-state index >= 15 is 0 Å². The standard InChI is InChI=1S/C22H28N2O3/c1-6-23-21(26)16-8-7-9-18(14-16)24-20(25)15(2)27-19-12-10-17(11-13-19)22(3,4)5/h7-15H,6H2,1-5H3,(H,23,26)(H,24,25). The highest BCUT2D eigenvalue weighted by atomic mass is 16.5. The SMILES string of the molecule is CCNC(=O)c1cccc(NC(=O)C(C)Oc2ccc(C(C)(C)C)cc2)c1. The fourth-order valence-electron chi connectivity index (χ4n) is 2.54. The molecule has 0 heterocycles. The van der Waals surface area contributed by atoms with Crippen molar-refractivity contribution in [1.29, 1.82) is 0 Å². The van der Waals surface area contributed by atoms with E-state index in [9.17, 15) is 9.59 Å². The van der Waals surface area contributed by atoms with E-state index in [4.69, 9.17) is 4.74 Å². The van der Waals surface area contributed by atoms with Crippen molar-refractivity contribution in [3.63, 3.8) is 0 Å². The molecule has 2 N–H and O–H groups in total. The fraction of sp³-hybridized carbons (Fsp3) is 0.364. The second-order valence-corrected chi connectivity index (χ2v) is 7.46. The van der Waals surface area contributed by atoms with Crippen LogP contribution in [0.25, 0.3) is 0 Å². The molecule has 0 radical (unpaired) electrons. The van der Waals surface area contributed by atoms with E-state index in [0.29, 0.717) is 23.5 Å². The van der Waals surface area contributed by atoms with Crippen LogP contribution in [0.4, 0.5) is 5.69 Å². The summed E-state index contributed by atoms with van der Waals surface area (Å²) in [7, 11) is 0. The van der Waals surface area contributed by atoms with Gasteiger partial charge in [-0.1, -0.05) is 39.0 Å². The lowest BCUT2D eigenvalue weighted by Crippen LogP contribution is -2.30. The van der Waals surface area contributed by atoms with Crippen LogP contribution < -0.4 is 15.4 Å². The van der Waals surface area contributed by atoms with Crippen LogP contribution in [-0.4, -0.2) is 24.5 Å². The summed E-state index contributed by atoms with van der Waals surface area (Å²) in [5.41, 5.74) is 2.33. The normalized spacial score (nSPS) is 12.2. The second kappa shape index (κ2) is 8.71. The van der Waals surface area contributed by atoms with Crippen molar-refractivity contribution in [1.82, 2.24) is 5.32 Å². The van der Waals surface area contributed by atoms with Crippen molar-refractivity contribution < 1.29 is 14.3 Å². The highest BCUT2D eigenvalue weighted by Gasteiger charge is 2.17. The molecule has 1 atom stereocenters. The zero-order valence-electron chi connectivity index (χ0n) is 16.6. The molecule has 0 saturated heterocycles. The average molecular weight is 368 g/mol. The summed E-state index contributed by atoms with van der Waals surface area (Å²) in [5, 5.41) is 5.53. The molecule has 27 heavy (non-hydrogen) atoms. The van der Waals surface area contributed by atoms with E-state index in [0.717, 1.165) is 0 Å². The summed E-state index contributed by atoms with van der Waals surface area (Å²) in [6.45, 7) is 10.5. The first-order chi connectivity index (χ1) is 12.7. The summed E-state index contributed by atoms with van der Waals surface area (Å²) in [6, 6.07) is 14.6. The number of anilines is 1. The molecule has 0 spiro atoms. The van der Waals surface area contributed by atoms with E-state index in [2.05, 4.69) is 31.4 Å². The Labute approximate surface area is 161 Å². The number of nitrogens with one attached hydrogen (secondary N) is 2. The fourth-order valence-corrected chi connectivity index (χ4v) is 2.54. The Balaban J connectivity index is 1.99. The topological polar surface area (TPSA) is 67.4 Å². The van der Waals surface area contributed by atoms with Crippen molar-refractivity contribution in [3.8, 4) is 5.75 Å². The Bertz CT molecular complexity index is 792. The van der Waals surface area contributed by atoms with E-state index in [1.807, 2.05) is 31.2 Å². The number of carbonyl (C=O) groups excluding carboxylic acids is 2. The molecule has 144 valence electrons. The van der Waals surface area contributed by atoms with Crippen molar-refractivity contribution in [2.24, 2.45) is 0 Å². The van der Waals surface area contributed by atoms with Gasteiger partial charge in [-0.25, -0.2) is 0 Å². The van der Waals surface area contributed by atoms with Gasteiger partial charge in [0.25, 0.3) is 11.8 Å². The van der Waals surface area contributed by atoms with E-state index in [1.54, 1.807) is 31.2 Å². The van der Waals surface area contributed by atoms with Gasteiger partial charge < -0.3 is 15.4 Å². The minimum atomic E-state index is -0.668. The average Bonchev–Trinajstić information content (AvgIpc) is 2.61. The number of benzene rings is 2. The van der Waals surface area contributed by atoms with E-state index < -0.39 is 6.10 Å². The number of carbonyl (C=O) groups is 2. The Morgan fingerprint density at radius 1 is 1.07 bits per heavy atom. The van der Waals surface area contributed by atoms with Gasteiger partial charge in [-0.3, -0.25) is 9.59 Å². The minimum absolute atomic E-state index is 0.0661. The molecule has 2 aromatic carbocycles. The van der Waals surface area contributed by atoms with Crippen molar-refractivity contribution in [3.05, 3.63) is 59.7 Å². The molecule has 2 aromatic rings. The number of ether oxygens (including phenoxy) is 1. The zero-order chi connectivity index (χ0) is 20.0. The van der Waals surface area contributed by atoms with Crippen molar-refractivity contribution >= 4 is 17.5 Å².